The van der Waals surface area contributed by atoms with Gasteiger partial charge in [0.15, 0.2) is 11.5 Å². The number of carbonyl (C=O) groups excluding carboxylic acids is 2. The smallest absolute Gasteiger partial charge is 0.290 e. The highest BCUT2D eigenvalue weighted by molar-refractivity contribution is 6.11. The van der Waals surface area contributed by atoms with Crippen molar-refractivity contribution >= 4 is 11.7 Å². The topological polar surface area (TPSA) is 55.8 Å². The van der Waals surface area contributed by atoms with Crippen LogP contribution >= 0.6 is 0 Å². The van der Waals surface area contributed by atoms with Crippen molar-refractivity contribution < 1.29 is 23.5 Å². The van der Waals surface area contributed by atoms with Crippen molar-refractivity contribution in [3.8, 4) is 0 Å². The standard InChI is InChI=1S/C25H32FNO4/c1-14(2)30-11-5-10-27-22(17-6-8-18(26)9-7-17)21-23(28)19-12-15(3)16(4)13-20(19)31-24(21)25(27)29/h6-9,14-16,19-20,22H,5,10-13H2,1-4H3. The molecule has 1 aliphatic carbocycles. The molecule has 5 nitrogen and oxygen atoms in total. The van der Waals surface area contributed by atoms with Crippen molar-refractivity contribution in [1.29, 1.82) is 0 Å². The van der Waals surface area contributed by atoms with Gasteiger partial charge in [-0.05, 0) is 62.6 Å². The highest BCUT2D eigenvalue weighted by atomic mass is 19.1. The van der Waals surface area contributed by atoms with E-state index in [0.717, 1.165) is 18.4 Å². The number of hydrogen-bond donors (Lipinski definition) is 0. The van der Waals surface area contributed by atoms with Gasteiger partial charge in [-0.25, -0.2) is 4.39 Å². The fourth-order valence-corrected chi connectivity index (χ4v) is 5.08. The monoisotopic (exact) mass is 429 g/mol. The van der Waals surface area contributed by atoms with Crippen LogP contribution in [0, 0.1) is 23.6 Å². The average molecular weight is 430 g/mol. The van der Waals surface area contributed by atoms with Gasteiger partial charge in [0, 0.05) is 13.2 Å². The van der Waals surface area contributed by atoms with Crippen LogP contribution in [0.4, 0.5) is 4.39 Å². The quantitative estimate of drug-likeness (QED) is 0.628. The number of rotatable bonds is 6. The summed E-state index contributed by atoms with van der Waals surface area (Å²) < 4.78 is 25.4. The molecular weight excluding hydrogens is 397 g/mol. The van der Waals surface area contributed by atoms with Crippen LogP contribution in [-0.4, -0.2) is 41.9 Å². The van der Waals surface area contributed by atoms with E-state index >= 15 is 0 Å². The summed E-state index contributed by atoms with van der Waals surface area (Å²) in [4.78, 5) is 28.7. The van der Waals surface area contributed by atoms with Gasteiger partial charge in [-0.3, -0.25) is 9.59 Å². The molecule has 2 aliphatic heterocycles. The minimum atomic E-state index is -0.537. The predicted octanol–water partition coefficient (Wildman–Crippen LogP) is 4.43. The predicted molar refractivity (Wildman–Crippen MR) is 115 cm³/mol. The van der Waals surface area contributed by atoms with E-state index in [-0.39, 0.29) is 41.4 Å². The van der Waals surface area contributed by atoms with Gasteiger partial charge in [0.05, 0.1) is 23.6 Å². The molecule has 2 heterocycles. The molecule has 0 N–H and O–H groups in total. The van der Waals surface area contributed by atoms with Crippen molar-refractivity contribution in [1.82, 2.24) is 4.90 Å². The third-order valence-electron chi connectivity index (χ3n) is 6.99. The summed E-state index contributed by atoms with van der Waals surface area (Å²) >= 11 is 0. The summed E-state index contributed by atoms with van der Waals surface area (Å²) in [6, 6.07) is 5.53. The molecule has 6 heteroatoms. The lowest BCUT2D eigenvalue weighted by molar-refractivity contribution is -0.137. The fourth-order valence-electron chi connectivity index (χ4n) is 5.08. The van der Waals surface area contributed by atoms with Gasteiger partial charge >= 0.3 is 0 Å². The van der Waals surface area contributed by atoms with Crippen molar-refractivity contribution in [2.75, 3.05) is 13.2 Å². The number of benzene rings is 1. The van der Waals surface area contributed by atoms with E-state index in [1.54, 1.807) is 17.0 Å². The molecule has 31 heavy (non-hydrogen) atoms. The number of amides is 1. The lowest BCUT2D eigenvalue weighted by Crippen LogP contribution is -2.43. The highest BCUT2D eigenvalue weighted by Crippen LogP contribution is 2.48. The van der Waals surface area contributed by atoms with Crippen LogP contribution < -0.4 is 0 Å². The second-order valence-corrected chi connectivity index (χ2v) is 9.52. The molecule has 0 radical (unpaired) electrons. The van der Waals surface area contributed by atoms with Gasteiger partial charge < -0.3 is 14.4 Å². The Labute approximate surface area is 183 Å². The van der Waals surface area contributed by atoms with Gasteiger partial charge in [0.1, 0.15) is 11.9 Å². The zero-order valence-electron chi connectivity index (χ0n) is 18.8. The average Bonchev–Trinajstić information content (AvgIpc) is 3.00. The lowest BCUT2D eigenvalue weighted by atomic mass is 9.70. The van der Waals surface area contributed by atoms with Crippen molar-refractivity contribution in [2.45, 2.75) is 65.2 Å². The molecule has 1 amide bonds. The number of halogens is 1. The maximum absolute atomic E-state index is 13.6. The molecule has 0 aromatic heterocycles. The number of hydrogen-bond acceptors (Lipinski definition) is 4. The number of fused-ring (bicyclic) bond motifs is 1. The molecule has 5 atom stereocenters. The summed E-state index contributed by atoms with van der Waals surface area (Å²) in [5.41, 5.74) is 1.18. The number of ether oxygens (including phenoxy) is 2. The third-order valence-corrected chi connectivity index (χ3v) is 6.99. The Morgan fingerprint density at radius 2 is 1.81 bits per heavy atom. The maximum Gasteiger partial charge on any atom is 0.290 e. The van der Waals surface area contributed by atoms with E-state index in [0.29, 0.717) is 37.0 Å². The Kier molecular flexibility index (Phi) is 6.20. The van der Waals surface area contributed by atoms with Crippen molar-refractivity contribution in [3.05, 3.63) is 47.0 Å². The van der Waals surface area contributed by atoms with Crippen LogP contribution in [0.5, 0.6) is 0 Å². The summed E-state index contributed by atoms with van der Waals surface area (Å²) in [5, 5.41) is 0. The first-order valence-electron chi connectivity index (χ1n) is 11.4. The van der Waals surface area contributed by atoms with E-state index in [9.17, 15) is 14.0 Å². The first-order valence-corrected chi connectivity index (χ1v) is 11.4. The Bertz CT molecular complexity index is 878. The van der Waals surface area contributed by atoms with Gasteiger partial charge in [-0.1, -0.05) is 26.0 Å². The maximum atomic E-state index is 13.6. The fraction of sp³-hybridized carbons (Fsp3) is 0.600. The molecule has 1 fully saturated rings. The molecule has 3 aliphatic rings. The number of Topliss-reactive ketones (excluding diaryl/α,β-unsaturated/α-hetero) is 1. The molecule has 5 unspecified atom stereocenters. The Balaban J connectivity index is 1.66. The summed E-state index contributed by atoms with van der Waals surface area (Å²) in [5.74, 6) is 0.296. The minimum absolute atomic E-state index is 0.0219. The van der Waals surface area contributed by atoms with Crippen LogP contribution in [0.25, 0.3) is 0 Å². The number of carbonyl (C=O) groups is 2. The van der Waals surface area contributed by atoms with Crippen molar-refractivity contribution in [3.63, 3.8) is 0 Å². The first-order chi connectivity index (χ1) is 14.8. The van der Waals surface area contributed by atoms with Gasteiger partial charge in [0.25, 0.3) is 5.91 Å². The van der Waals surface area contributed by atoms with E-state index in [1.165, 1.54) is 12.1 Å². The number of nitrogens with zero attached hydrogens (tertiary/aromatic N) is 1. The molecule has 4 rings (SSSR count). The summed E-state index contributed by atoms with van der Waals surface area (Å²) in [6.07, 6.45) is 2.08. The van der Waals surface area contributed by atoms with Crippen molar-refractivity contribution in [2.24, 2.45) is 17.8 Å². The SMILES string of the molecule is CC(C)OCCCN1C(=O)C2=C(C(=O)C3CC(C)C(C)CC3O2)C1c1ccc(F)cc1. The van der Waals surface area contributed by atoms with Crippen LogP contribution in [-0.2, 0) is 19.1 Å². The second kappa shape index (κ2) is 8.73. The summed E-state index contributed by atoms with van der Waals surface area (Å²) in [7, 11) is 0. The molecule has 0 saturated heterocycles. The van der Waals surface area contributed by atoms with Crippen LogP contribution in [0.15, 0.2) is 35.6 Å². The Morgan fingerprint density at radius 3 is 2.48 bits per heavy atom. The van der Waals surface area contributed by atoms with Crippen LogP contribution in [0.3, 0.4) is 0 Å². The van der Waals surface area contributed by atoms with Gasteiger partial charge in [0.2, 0.25) is 0 Å². The van der Waals surface area contributed by atoms with Crippen LogP contribution in [0.2, 0.25) is 0 Å². The van der Waals surface area contributed by atoms with Gasteiger partial charge in [-0.15, -0.1) is 0 Å². The molecule has 0 spiro atoms. The van der Waals surface area contributed by atoms with E-state index in [1.807, 2.05) is 13.8 Å². The highest BCUT2D eigenvalue weighted by Gasteiger charge is 2.53. The molecule has 168 valence electrons. The largest absolute Gasteiger partial charge is 0.483 e. The number of ketones is 1. The van der Waals surface area contributed by atoms with E-state index in [2.05, 4.69) is 13.8 Å². The zero-order valence-corrected chi connectivity index (χ0v) is 18.8. The lowest BCUT2D eigenvalue weighted by Gasteiger charge is -2.40. The van der Waals surface area contributed by atoms with E-state index < -0.39 is 6.04 Å². The van der Waals surface area contributed by atoms with Crippen LogP contribution in [0.1, 0.15) is 58.6 Å². The first kappa shape index (κ1) is 22.0. The molecule has 1 aromatic rings. The normalized spacial score (nSPS) is 30.5. The zero-order chi connectivity index (χ0) is 22.3. The Hall–Kier alpha value is -2.21. The Morgan fingerprint density at radius 1 is 1.13 bits per heavy atom. The molecule has 1 aromatic carbocycles. The van der Waals surface area contributed by atoms with E-state index in [4.69, 9.17) is 9.47 Å². The molecule has 0 bridgehead atoms. The summed E-state index contributed by atoms with van der Waals surface area (Å²) in [6.45, 7) is 9.27. The molecular formula is C25H32FNO4. The molecule has 1 saturated carbocycles. The minimum Gasteiger partial charge on any atom is -0.483 e. The van der Waals surface area contributed by atoms with Gasteiger partial charge in [-0.2, -0.15) is 0 Å². The third kappa shape index (κ3) is 4.14. The second-order valence-electron chi connectivity index (χ2n) is 9.52.